The molecular formula is C35H53N5O5. The van der Waals surface area contributed by atoms with Crippen molar-refractivity contribution in [2.75, 3.05) is 6.54 Å². The number of hydrogen-bond donors (Lipinski definition) is 4. The van der Waals surface area contributed by atoms with Gasteiger partial charge in [0.25, 0.3) is 5.91 Å². The highest BCUT2D eigenvalue weighted by Gasteiger charge is 2.46. The van der Waals surface area contributed by atoms with Gasteiger partial charge in [-0.15, -0.1) is 0 Å². The van der Waals surface area contributed by atoms with Gasteiger partial charge in [0.15, 0.2) is 0 Å². The predicted octanol–water partition coefficient (Wildman–Crippen LogP) is 4.17. The number of amides is 5. The number of likely N-dealkylation sites (tertiary alicyclic amines) is 1. The second kappa shape index (κ2) is 14.3. The van der Waals surface area contributed by atoms with Crippen LogP contribution in [0.4, 0.5) is 4.79 Å². The second-order valence-corrected chi connectivity index (χ2v) is 14.9. The lowest BCUT2D eigenvalue weighted by molar-refractivity contribution is -0.143. The lowest BCUT2D eigenvalue weighted by Gasteiger charge is -2.44. The van der Waals surface area contributed by atoms with Gasteiger partial charge in [-0.05, 0) is 48.5 Å². The van der Waals surface area contributed by atoms with E-state index in [1.54, 1.807) is 0 Å². The van der Waals surface area contributed by atoms with Crippen LogP contribution >= 0.6 is 0 Å². The number of nitrogens with zero attached hydrogens (tertiary/aromatic N) is 1. The van der Waals surface area contributed by atoms with E-state index >= 15 is 0 Å². The molecule has 3 fully saturated rings. The largest absolute Gasteiger partial charge is 0.363 e. The second-order valence-electron chi connectivity index (χ2n) is 14.9. The molecule has 1 aromatic carbocycles. The molecule has 2 saturated carbocycles. The van der Waals surface area contributed by atoms with Crippen molar-refractivity contribution in [3.63, 3.8) is 0 Å². The van der Waals surface area contributed by atoms with E-state index in [2.05, 4.69) is 35.0 Å². The number of rotatable bonds is 11. The Morgan fingerprint density at radius 1 is 0.978 bits per heavy atom. The van der Waals surface area contributed by atoms with Crippen LogP contribution in [-0.2, 0) is 19.2 Å². The molecule has 10 nitrogen and oxygen atoms in total. The van der Waals surface area contributed by atoms with Crippen molar-refractivity contribution in [3.8, 4) is 0 Å². The molecule has 1 heterocycles. The van der Waals surface area contributed by atoms with E-state index in [0.29, 0.717) is 19.4 Å². The quantitative estimate of drug-likeness (QED) is 0.273. The average Bonchev–Trinajstić information content (AvgIpc) is 3.38. The zero-order valence-corrected chi connectivity index (χ0v) is 27.7. The van der Waals surface area contributed by atoms with Crippen LogP contribution in [0, 0.1) is 17.3 Å². The number of primary amides is 1. The van der Waals surface area contributed by atoms with Gasteiger partial charge in [-0.3, -0.25) is 19.2 Å². The van der Waals surface area contributed by atoms with Gasteiger partial charge in [0.05, 0.1) is 6.04 Å². The van der Waals surface area contributed by atoms with Crippen molar-refractivity contribution < 1.29 is 24.0 Å². The molecule has 0 radical (unpaired) electrons. The Labute approximate surface area is 268 Å². The van der Waals surface area contributed by atoms with E-state index in [4.69, 9.17) is 5.73 Å². The van der Waals surface area contributed by atoms with Crippen molar-refractivity contribution in [2.45, 2.75) is 128 Å². The highest BCUT2D eigenvalue weighted by atomic mass is 16.2. The van der Waals surface area contributed by atoms with Gasteiger partial charge in [0.1, 0.15) is 12.1 Å². The maximum absolute atomic E-state index is 14.2. The topological polar surface area (TPSA) is 151 Å². The van der Waals surface area contributed by atoms with Gasteiger partial charge in [0.2, 0.25) is 17.6 Å². The molecule has 1 aromatic rings. The number of carbonyl (C=O) groups is 5. The fraction of sp³-hybridized carbons (Fsp3) is 0.686. The molecule has 0 bridgehead atoms. The zero-order chi connectivity index (χ0) is 32.9. The van der Waals surface area contributed by atoms with Crippen LogP contribution in [0.1, 0.15) is 110 Å². The van der Waals surface area contributed by atoms with Gasteiger partial charge in [-0.25, -0.2) is 4.79 Å². The van der Waals surface area contributed by atoms with Crippen molar-refractivity contribution in [3.05, 3.63) is 35.9 Å². The van der Waals surface area contributed by atoms with Gasteiger partial charge < -0.3 is 26.6 Å². The van der Waals surface area contributed by atoms with Crippen LogP contribution < -0.4 is 21.7 Å². The molecule has 3 aliphatic rings. The van der Waals surface area contributed by atoms with Crippen LogP contribution in [0.25, 0.3) is 0 Å². The van der Waals surface area contributed by atoms with Crippen LogP contribution in [0.15, 0.2) is 30.3 Å². The van der Waals surface area contributed by atoms with E-state index in [9.17, 15) is 24.0 Å². The van der Waals surface area contributed by atoms with Gasteiger partial charge in [-0.2, -0.15) is 0 Å². The van der Waals surface area contributed by atoms with Crippen molar-refractivity contribution >= 4 is 29.5 Å². The molecule has 248 valence electrons. The lowest BCUT2D eigenvalue weighted by atomic mass is 9.71. The minimum absolute atomic E-state index is 0.0355. The first-order chi connectivity index (χ1) is 21.2. The normalized spacial score (nSPS) is 23.6. The fourth-order valence-corrected chi connectivity index (χ4v) is 7.39. The number of Topliss-reactive ketones (excluding diaryl/α,β-unsaturated/α-hetero) is 1. The summed E-state index contributed by atoms with van der Waals surface area (Å²) in [6.45, 7) is 10.2. The third-order valence-electron chi connectivity index (χ3n) is 10.4. The summed E-state index contributed by atoms with van der Waals surface area (Å²) in [5.74, 6) is -2.33. The summed E-state index contributed by atoms with van der Waals surface area (Å²) in [6.07, 6.45) is 8.57. The number of nitrogens with two attached hydrogens (primary N) is 1. The smallest absolute Gasteiger partial charge is 0.315 e. The third-order valence-corrected chi connectivity index (χ3v) is 10.4. The molecule has 45 heavy (non-hydrogen) atoms. The average molecular weight is 624 g/mol. The number of hydrogen-bond acceptors (Lipinski definition) is 5. The molecule has 0 spiro atoms. The number of carbonyl (C=O) groups excluding carboxylic acids is 5. The van der Waals surface area contributed by atoms with Crippen molar-refractivity contribution in [2.24, 2.45) is 23.0 Å². The Kier molecular flexibility index (Phi) is 11.0. The number of ketones is 1. The maximum atomic E-state index is 14.2. The molecule has 10 heteroatoms. The fourth-order valence-electron chi connectivity index (χ4n) is 7.39. The minimum Gasteiger partial charge on any atom is -0.363 e. The summed E-state index contributed by atoms with van der Waals surface area (Å²) in [5.41, 5.74) is 5.38. The van der Waals surface area contributed by atoms with Crippen LogP contribution in [0.2, 0.25) is 0 Å². The highest BCUT2D eigenvalue weighted by molar-refractivity contribution is 6.37. The Morgan fingerprint density at radius 3 is 2.18 bits per heavy atom. The first-order valence-electron chi connectivity index (χ1n) is 16.8. The van der Waals surface area contributed by atoms with Crippen LogP contribution in [0.3, 0.4) is 0 Å². The van der Waals surface area contributed by atoms with E-state index in [1.165, 1.54) is 4.90 Å². The molecule has 0 aromatic heterocycles. The van der Waals surface area contributed by atoms with Gasteiger partial charge in [0, 0.05) is 18.0 Å². The number of benzene rings is 1. The van der Waals surface area contributed by atoms with Crippen molar-refractivity contribution in [1.82, 2.24) is 20.9 Å². The maximum Gasteiger partial charge on any atom is 0.315 e. The van der Waals surface area contributed by atoms with E-state index in [0.717, 1.165) is 56.9 Å². The Morgan fingerprint density at radius 2 is 1.62 bits per heavy atom. The highest BCUT2D eigenvalue weighted by Crippen LogP contribution is 2.40. The summed E-state index contributed by atoms with van der Waals surface area (Å²) in [7, 11) is 0. The van der Waals surface area contributed by atoms with E-state index in [1.807, 2.05) is 45.9 Å². The summed E-state index contributed by atoms with van der Waals surface area (Å²) in [4.78, 5) is 67.6. The zero-order valence-electron chi connectivity index (χ0n) is 27.7. The molecular weight excluding hydrogens is 570 g/mol. The molecule has 2 aliphatic carbocycles. The lowest BCUT2D eigenvalue weighted by Crippen LogP contribution is -2.63. The monoisotopic (exact) mass is 623 g/mol. The summed E-state index contributed by atoms with van der Waals surface area (Å²) in [6, 6.07) is 7.08. The van der Waals surface area contributed by atoms with Crippen LogP contribution in [-0.4, -0.2) is 64.6 Å². The van der Waals surface area contributed by atoms with E-state index < -0.39 is 52.7 Å². The van der Waals surface area contributed by atoms with Gasteiger partial charge >= 0.3 is 6.03 Å². The molecule has 4 rings (SSSR count). The Bertz CT molecular complexity index is 1230. The molecule has 1 saturated heterocycles. The molecule has 1 aliphatic heterocycles. The Hall–Kier alpha value is -3.43. The number of nitrogens with one attached hydrogen (secondary N) is 3. The summed E-state index contributed by atoms with van der Waals surface area (Å²) in [5, 5.41) is 9.10. The first-order valence-corrected chi connectivity index (χ1v) is 16.8. The van der Waals surface area contributed by atoms with Gasteiger partial charge in [-0.1, -0.05) is 103 Å². The SMILES string of the molecule is CC1CC(C(=O)NC(CC2CCC2)C(=O)C(N)=O)N(C(=O)C(NC(=O)NC2(C(C)c3ccccc3)CCCCC2)C(C)(C)C)C1. The number of urea groups is 1. The van der Waals surface area contributed by atoms with E-state index in [-0.39, 0.29) is 23.7 Å². The minimum atomic E-state index is -1.08. The Balaban J connectivity index is 1.51. The van der Waals surface area contributed by atoms with Crippen LogP contribution in [0.5, 0.6) is 0 Å². The molecule has 5 atom stereocenters. The standard InChI is InChI=1S/C35H53N5O5/c1-22-19-27(31(43)37-26(28(41)30(36)42)20-24-13-12-14-24)40(21-22)32(44)29(34(3,4)5)38-33(45)39-35(17-10-7-11-18-35)23(2)25-15-8-6-9-16-25/h6,8-9,15-16,22-24,26-27,29H,7,10-14,17-21H2,1-5H3,(H2,36,42)(H,37,43)(H2,38,39,45). The summed E-state index contributed by atoms with van der Waals surface area (Å²) < 4.78 is 0. The van der Waals surface area contributed by atoms with Crippen molar-refractivity contribution in [1.29, 1.82) is 0 Å². The first kappa shape index (κ1) is 34.4. The predicted molar refractivity (Wildman–Crippen MR) is 173 cm³/mol. The third kappa shape index (κ3) is 8.24. The molecule has 5 unspecified atom stereocenters. The molecule has 5 N–H and O–H groups in total. The summed E-state index contributed by atoms with van der Waals surface area (Å²) >= 11 is 0. The molecule has 5 amide bonds.